The highest BCUT2D eigenvalue weighted by molar-refractivity contribution is 6.31. The number of hydrogen-bond donors (Lipinski definition) is 4. The molecule has 2 aromatic rings. The number of aliphatic hydroxyl groups is 2. The molecule has 2 aromatic carbocycles. The molecule has 0 radical (unpaired) electrons. The number of fused-ring (bicyclic) bond motifs is 3. The van der Waals surface area contributed by atoms with E-state index in [-0.39, 0.29) is 40.3 Å². The summed E-state index contributed by atoms with van der Waals surface area (Å²) in [6, 6.07) is 4.48. The minimum Gasteiger partial charge on any atom is -0.507 e. The van der Waals surface area contributed by atoms with Crippen molar-refractivity contribution in [1.29, 1.82) is 0 Å². The topological polar surface area (TPSA) is 160 Å². The molecular weight excluding hydrogens is 520 g/mol. The molecule has 214 valence electrons. The number of phenolic OH excluding ortho intramolecular Hbond substituents is 2. The summed E-state index contributed by atoms with van der Waals surface area (Å²) in [5.74, 6) is -3.14. The van der Waals surface area contributed by atoms with Gasteiger partial charge in [0.25, 0.3) is 0 Å². The molecule has 2 aliphatic carbocycles. The van der Waals surface area contributed by atoms with E-state index in [9.17, 15) is 34.8 Å². The molecule has 10 heteroatoms. The smallest absolute Gasteiger partial charge is 0.202 e. The molecule has 5 rings (SSSR count). The van der Waals surface area contributed by atoms with Crippen LogP contribution in [0.15, 0.2) is 18.2 Å². The van der Waals surface area contributed by atoms with Gasteiger partial charge in [-0.15, -0.1) is 0 Å². The number of ketones is 3. The highest BCUT2D eigenvalue weighted by Gasteiger charge is 2.49. The van der Waals surface area contributed by atoms with E-state index in [0.29, 0.717) is 6.42 Å². The van der Waals surface area contributed by atoms with Crippen LogP contribution in [0.5, 0.6) is 17.2 Å². The number of hydrogen-bond acceptors (Lipinski definition) is 10. The van der Waals surface area contributed by atoms with Crippen molar-refractivity contribution in [2.24, 2.45) is 5.92 Å². The largest absolute Gasteiger partial charge is 0.507 e. The highest BCUT2D eigenvalue weighted by atomic mass is 16.7. The van der Waals surface area contributed by atoms with Crippen molar-refractivity contribution in [3.05, 3.63) is 51.6 Å². The number of rotatable bonds is 6. The third-order valence-corrected chi connectivity index (χ3v) is 8.53. The van der Waals surface area contributed by atoms with Crippen LogP contribution in [-0.2, 0) is 20.7 Å². The van der Waals surface area contributed by atoms with Gasteiger partial charge in [-0.2, -0.15) is 0 Å². The monoisotopic (exact) mass is 554 g/mol. The van der Waals surface area contributed by atoms with Crippen LogP contribution in [0, 0.1) is 5.92 Å². The van der Waals surface area contributed by atoms with Crippen LogP contribution in [0.4, 0.5) is 0 Å². The average Bonchev–Trinajstić information content (AvgIpc) is 2.91. The Morgan fingerprint density at radius 2 is 1.82 bits per heavy atom. The second kappa shape index (κ2) is 10.3. The number of benzene rings is 2. The fraction of sp³-hybridized carbons (Fsp3) is 0.500. The molecule has 0 aromatic heterocycles. The maximum atomic E-state index is 13.7. The first-order valence-corrected chi connectivity index (χ1v) is 13.5. The molecule has 1 saturated heterocycles. The van der Waals surface area contributed by atoms with E-state index < -0.39 is 76.6 Å². The normalized spacial score (nSPS) is 29.4. The first-order chi connectivity index (χ1) is 18.9. The molecule has 1 aliphatic heterocycles. The molecule has 40 heavy (non-hydrogen) atoms. The summed E-state index contributed by atoms with van der Waals surface area (Å²) in [5.41, 5.74) is -2.84. The fourth-order valence-electron chi connectivity index (χ4n) is 6.38. The Morgan fingerprint density at radius 3 is 2.48 bits per heavy atom. The molecule has 4 unspecified atom stereocenters. The Hall–Kier alpha value is -3.31. The van der Waals surface area contributed by atoms with Crippen LogP contribution in [0.1, 0.15) is 95.5 Å². The Labute approximate surface area is 231 Å². The zero-order valence-corrected chi connectivity index (χ0v) is 22.9. The summed E-state index contributed by atoms with van der Waals surface area (Å²) >= 11 is 0. The van der Waals surface area contributed by atoms with Gasteiger partial charge in [0.2, 0.25) is 5.78 Å². The van der Waals surface area contributed by atoms with Crippen molar-refractivity contribution in [2.45, 2.75) is 83.1 Å². The summed E-state index contributed by atoms with van der Waals surface area (Å²) in [7, 11) is 1.35. The van der Waals surface area contributed by atoms with Gasteiger partial charge in [-0.1, -0.05) is 25.5 Å². The first-order valence-electron chi connectivity index (χ1n) is 13.5. The third kappa shape index (κ3) is 4.30. The Balaban J connectivity index is 1.65. The van der Waals surface area contributed by atoms with Crippen LogP contribution < -0.4 is 4.74 Å². The van der Waals surface area contributed by atoms with Gasteiger partial charge < -0.3 is 34.6 Å². The standard InChI is InChI=1S/C30H34O10/c1-5-7-15-10-20(39-13(2)25(15)32)40-19-12-30(37,14(3)31)11-17-22(19)29(36)24-23(27(17)34)26(33)16-8-6-9-18(38-4)21(16)28(24)35/h6,8-9,13,15,19-20,25,32,34,36-37H,5,7,10-12H2,1-4H3/t13?,15?,19-,20?,25?,30-/m0/s1. The Kier molecular flexibility index (Phi) is 7.24. The molecule has 1 heterocycles. The number of methoxy groups -OCH3 is 1. The van der Waals surface area contributed by atoms with Gasteiger partial charge in [0.1, 0.15) is 22.8 Å². The van der Waals surface area contributed by atoms with Gasteiger partial charge >= 0.3 is 0 Å². The number of aliphatic hydroxyl groups excluding tert-OH is 1. The van der Waals surface area contributed by atoms with Gasteiger partial charge in [-0.25, -0.2) is 0 Å². The number of carbonyl (C=O) groups is 3. The van der Waals surface area contributed by atoms with Crippen LogP contribution >= 0.6 is 0 Å². The first kappa shape index (κ1) is 28.2. The second-order valence-electron chi connectivity index (χ2n) is 11.0. The lowest BCUT2D eigenvalue weighted by atomic mass is 9.72. The summed E-state index contributed by atoms with van der Waals surface area (Å²) in [5, 5.41) is 44.9. The SMILES string of the molecule is CCCC1CC(O[C@H]2C[C@](O)(C(C)=O)Cc3c(O)c4c(c(O)c32)C(=O)c2c(OC)cccc2C4=O)OC(C)C1O. The molecule has 0 bridgehead atoms. The number of Topliss-reactive ketones (excluding diaryl/α,β-unsaturated/α-hetero) is 1. The molecular formula is C30H34O10. The van der Waals surface area contributed by atoms with Crippen molar-refractivity contribution in [1.82, 2.24) is 0 Å². The van der Waals surface area contributed by atoms with Crippen LogP contribution in [0.3, 0.4) is 0 Å². The van der Waals surface area contributed by atoms with E-state index in [4.69, 9.17) is 14.2 Å². The number of ether oxygens (including phenoxy) is 3. The van der Waals surface area contributed by atoms with Gasteiger partial charge in [0, 0.05) is 36.0 Å². The van der Waals surface area contributed by atoms with Crippen LogP contribution in [-0.4, -0.2) is 69.0 Å². The minimum absolute atomic E-state index is 0.00190. The molecule has 3 aliphatic rings. The molecule has 0 saturated carbocycles. The quantitative estimate of drug-likeness (QED) is 0.333. The van der Waals surface area contributed by atoms with Crippen molar-refractivity contribution >= 4 is 17.3 Å². The highest BCUT2D eigenvalue weighted by Crippen LogP contribution is 2.52. The predicted octanol–water partition coefficient (Wildman–Crippen LogP) is 3.12. The summed E-state index contributed by atoms with van der Waals surface area (Å²) in [6.45, 7) is 4.93. The number of carbonyl (C=O) groups excluding carboxylic acids is 3. The number of aromatic hydroxyl groups is 2. The summed E-state index contributed by atoms with van der Waals surface area (Å²) in [4.78, 5) is 39.9. The minimum atomic E-state index is -1.97. The van der Waals surface area contributed by atoms with E-state index in [1.54, 1.807) is 6.92 Å². The van der Waals surface area contributed by atoms with Crippen LogP contribution in [0.2, 0.25) is 0 Å². The maximum absolute atomic E-state index is 13.7. The molecule has 6 atom stereocenters. The van der Waals surface area contributed by atoms with Crippen molar-refractivity contribution in [3.8, 4) is 17.2 Å². The van der Waals surface area contributed by atoms with Gasteiger partial charge in [-0.3, -0.25) is 14.4 Å². The molecule has 4 N–H and O–H groups in total. The van der Waals surface area contributed by atoms with Gasteiger partial charge in [0.15, 0.2) is 17.9 Å². The van der Waals surface area contributed by atoms with Crippen molar-refractivity contribution in [3.63, 3.8) is 0 Å². The zero-order valence-electron chi connectivity index (χ0n) is 22.9. The van der Waals surface area contributed by atoms with E-state index in [1.807, 2.05) is 6.92 Å². The lowest BCUT2D eigenvalue weighted by Gasteiger charge is -2.42. The number of phenols is 2. The Bertz CT molecular complexity index is 1400. The van der Waals surface area contributed by atoms with Crippen molar-refractivity contribution < 1.29 is 49.0 Å². The zero-order chi connectivity index (χ0) is 29.1. The van der Waals surface area contributed by atoms with Gasteiger partial charge in [0.05, 0.1) is 42.1 Å². The van der Waals surface area contributed by atoms with Gasteiger partial charge in [-0.05, 0) is 32.3 Å². The summed E-state index contributed by atoms with van der Waals surface area (Å²) < 4.78 is 17.5. The maximum Gasteiger partial charge on any atom is 0.202 e. The fourth-order valence-corrected chi connectivity index (χ4v) is 6.38. The lowest BCUT2D eigenvalue weighted by molar-refractivity contribution is -0.257. The molecule has 1 fully saturated rings. The van der Waals surface area contributed by atoms with E-state index in [0.717, 1.165) is 12.8 Å². The average molecular weight is 555 g/mol. The second-order valence-corrected chi connectivity index (χ2v) is 11.0. The van der Waals surface area contributed by atoms with Crippen LogP contribution in [0.25, 0.3) is 0 Å². The molecule has 0 spiro atoms. The predicted molar refractivity (Wildman–Crippen MR) is 141 cm³/mol. The lowest BCUT2D eigenvalue weighted by Crippen LogP contribution is -2.48. The van der Waals surface area contributed by atoms with E-state index >= 15 is 0 Å². The van der Waals surface area contributed by atoms with Crippen molar-refractivity contribution in [2.75, 3.05) is 7.11 Å². The van der Waals surface area contributed by atoms with E-state index in [2.05, 4.69) is 0 Å². The Morgan fingerprint density at radius 1 is 1.12 bits per heavy atom. The third-order valence-electron chi connectivity index (χ3n) is 8.53. The summed E-state index contributed by atoms with van der Waals surface area (Å²) in [6.07, 6.45) is -2.08. The van der Waals surface area contributed by atoms with E-state index in [1.165, 1.54) is 32.2 Å². The molecule has 10 nitrogen and oxygen atoms in total. The molecule has 0 amide bonds.